The monoisotopic (exact) mass is 507 g/mol. The number of aromatic amines is 1. The van der Waals surface area contributed by atoms with Gasteiger partial charge in [-0.1, -0.05) is 71.9 Å². The van der Waals surface area contributed by atoms with E-state index in [1.807, 2.05) is 30.5 Å². The van der Waals surface area contributed by atoms with Gasteiger partial charge < -0.3 is 10.1 Å². The number of phenolic OH excluding ortho intramolecular Hbond substituents is 1. The van der Waals surface area contributed by atoms with Crippen molar-refractivity contribution in [2.75, 3.05) is 0 Å². The van der Waals surface area contributed by atoms with E-state index < -0.39 is 0 Å². The van der Waals surface area contributed by atoms with Gasteiger partial charge in [0.25, 0.3) is 0 Å². The first kappa shape index (κ1) is 25.0. The smallest absolute Gasteiger partial charge is 0.128 e. The molecule has 5 heteroatoms. The number of aromatic hydroxyl groups is 1. The number of hydrogen-bond donors (Lipinski definition) is 2. The van der Waals surface area contributed by atoms with Gasteiger partial charge in [0.2, 0.25) is 0 Å². The fraction of sp³-hybridized carbons (Fsp3) is 0.250. The van der Waals surface area contributed by atoms with Gasteiger partial charge in [-0.2, -0.15) is 0 Å². The number of phenols is 1. The van der Waals surface area contributed by atoms with Crippen molar-refractivity contribution in [1.82, 2.24) is 9.97 Å². The highest BCUT2D eigenvalue weighted by Crippen LogP contribution is 2.40. The lowest BCUT2D eigenvalue weighted by Crippen LogP contribution is -2.17. The van der Waals surface area contributed by atoms with Crippen molar-refractivity contribution < 1.29 is 5.11 Å². The zero-order valence-corrected chi connectivity index (χ0v) is 23.1. The first-order valence-electron chi connectivity index (χ1n) is 12.6. The Morgan fingerprint density at radius 3 is 2.32 bits per heavy atom. The molecule has 0 fully saturated rings. The minimum Gasteiger partial charge on any atom is -0.507 e. The zero-order chi connectivity index (χ0) is 26.4. The minimum absolute atomic E-state index is 0.0496. The molecule has 2 heterocycles. The second-order valence-corrected chi connectivity index (χ2v) is 12.5. The molecule has 0 aliphatic carbocycles. The number of nitrogens with zero attached hydrogens (tertiary/aromatic N) is 2. The van der Waals surface area contributed by atoms with E-state index in [-0.39, 0.29) is 16.6 Å². The van der Waals surface area contributed by atoms with Crippen LogP contribution < -0.4 is 0 Å². The van der Waals surface area contributed by atoms with Gasteiger partial charge in [0, 0.05) is 40.4 Å². The first-order valence-corrected chi connectivity index (χ1v) is 13.4. The highest BCUT2D eigenvalue weighted by atomic mass is 32.1. The van der Waals surface area contributed by atoms with E-state index in [1.54, 1.807) is 17.6 Å². The average Bonchev–Trinajstić information content (AvgIpc) is 3.52. The molecule has 0 saturated carbocycles. The summed E-state index contributed by atoms with van der Waals surface area (Å²) in [5.41, 5.74) is 7.50. The SMILES string of the molecule is CC(C)(C)c1cc(C=Nc2ccccc2-c2nc3c(-c4ccc[nH]4)cccc3s2)c(O)c(C(C)(C)C)c1. The van der Waals surface area contributed by atoms with Crippen LogP contribution in [0.25, 0.3) is 32.0 Å². The highest BCUT2D eigenvalue weighted by molar-refractivity contribution is 7.21. The second kappa shape index (κ2) is 9.31. The molecular weight excluding hydrogens is 474 g/mol. The molecular formula is C32H33N3OS. The Morgan fingerprint density at radius 1 is 0.865 bits per heavy atom. The summed E-state index contributed by atoms with van der Waals surface area (Å²) in [4.78, 5) is 13.2. The molecule has 2 N–H and O–H groups in total. The van der Waals surface area contributed by atoms with Crippen LogP contribution in [0, 0.1) is 0 Å². The Balaban J connectivity index is 1.59. The Labute approximate surface area is 222 Å². The van der Waals surface area contributed by atoms with E-state index >= 15 is 0 Å². The molecule has 0 spiro atoms. The number of aromatic nitrogens is 2. The van der Waals surface area contributed by atoms with Crippen LogP contribution in [0.2, 0.25) is 0 Å². The lowest BCUT2D eigenvalue weighted by Gasteiger charge is -2.27. The number of hydrogen-bond acceptors (Lipinski definition) is 4. The number of thiazole rings is 1. The molecule has 3 aromatic carbocycles. The van der Waals surface area contributed by atoms with Gasteiger partial charge in [-0.3, -0.25) is 4.99 Å². The Morgan fingerprint density at radius 2 is 1.62 bits per heavy atom. The number of benzene rings is 3. The number of fused-ring (bicyclic) bond motifs is 1. The zero-order valence-electron chi connectivity index (χ0n) is 22.3. The van der Waals surface area contributed by atoms with Gasteiger partial charge in [0.05, 0.1) is 15.9 Å². The fourth-order valence-corrected chi connectivity index (χ4v) is 5.47. The standard InChI is InChI=1S/C32H33N3OS/c1-31(2,3)21-17-20(29(36)24(18-21)32(4,5)6)19-34-26-13-8-7-11-23(26)30-35-28-22(25-14-10-16-33-25)12-9-15-27(28)37-30/h7-19,33,36H,1-6H3. The summed E-state index contributed by atoms with van der Waals surface area (Å²) in [6.07, 6.45) is 3.72. The molecule has 37 heavy (non-hydrogen) atoms. The van der Waals surface area contributed by atoms with Gasteiger partial charge in [0.1, 0.15) is 10.8 Å². The third kappa shape index (κ3) is 4.96. The molecule has 0 saturated heterocycles. The van der Waals surface area contributed by atoms with Crippen LogP contribution in [0.1, 0.15) is 58.2 Å². The van der Waals surface area contributed by atoms with E-state index in [1.165, 1.54) is 5.56 Å². The van der Waals surface area contributed by atoms with Crippen molar-refractivity contribution in [3.8, 4) is 27.6 Å². The third-order valence-corrected chi connectivity index (χ3v) is 7.65. The lowest BCUT2D eigenvalue weighted by molar-refractivity contribution is 0.444. The van der Waals surface area contributed by atoms with E-state index in [9.17, 15) is 5.11 Å². The molecule has 0 bridgehead atoms. The topological polar surface area (TPSA) is 61.3 Å². The van der Waals surface area contributed by atoms with Crippen LogP contribution in [0.3, 0.4) is 0 Å². The van der Waals surface area contributed by atoms with Gasteiger partial charge in [-0.25, -0.2) is 4.98 Å². The van der Waals surface area contributed by atoms with E-state index in [4.69, 9.17) is 9.98 Å². The maximum absolute atomic E-state index is 11.2. The van der Waals surface area contributed by atoms with Crippen molar-refractivity contribution in [1.29, 1.82) is 0 Å². The maximum Gasteiger partial charge on any atom is 0.128 e. The molecule has 0 aliphatic heterocycles. The molecule has 0 aliphatic rings. The van der Waals surface area contributed by atoms with Gasteiger partial charge in [-0.05, 0) is 52.8 Å². The molecule has 188 valence electrons. The maximum atomic E-state index is 11.2. The van der Waals surface area contributed by atoms with Gasteiger partial charge in [0.15, 0.2) is 0 Å². The lowest BCUT2D eigenvalue weighted by atomic mass is 9.79. The molecule has 0 atom stereocenters. The third-order valence-electron chi connectivity index (χ3n) is 6.60. The van der Waals surface area contributed by atoms with Crippen LogP contribution >= 0.6 is 11.3 Å². The van der Waals surface area contributed by atoms with Gasteiger partial charge >= 0.3 is 0 Å². The highest BCUT2D eigenvalue weighted by Gasteiger charge is 2.24. The average molecular weight is 508 g/mol. The molecule has 0 unspecified atom stereocenters. The summed E-state index contributed by atoms with van der Waals surface area (Å²) in [6, 6.07) is 22.6. The predicted octanol–water partition coefficient (Wildman–Crippen LogP) is 9.01. The summed E-state index contributed by atoms with van der Waals surface area (Å²) in [7, 11) is 0. The Kier molecular flexibility index (Phi) is 6.28. The van der Waals surface area contributed by atoms with Crippen molar-refractivity contribution in [3.05, 3.63) is 89.6 Å². The van der Waals surface area contributed by atoms with Gasteiger partial charge in [-0.15, -0.1) is 11.3 Å². The van der Waals surface area contributed by atoms with Crippen molar-refractivity contribution in [2.24, 2.45) is 4.99 Å². The second-order valence-electron chi connectivity index (χ2n) is 11.5. The van der Waals surface area contributed by atoms with E-state index in [0.29, 0.717) is 0 Å². The number of para-hydroxylation sites is 2. The summed E-state index contributed by atoms with van der Waals surface area (Å²) in [5.74, 6) is 0.289. The number of nitrogens with one attached hydrogen (secondary N) is 1. The minimum atomic E-state index is -0.191. The van der Waals surface area contributed by atoms with Crippen LogP contribution in [-0.2, 0) is 10.8 Å². The molecule has 5 rings (SSSR count). The van der Waals surface area contributed by atoms with E-state index in [0.717, 1.165) is 48.9 Å². The number of H-pyrrole nitrogens is 1. The summed E-state index contributed by atoms with van der Waals surface area (Å²) in [5, 5.41) is 12.1. The van der Waals surface area contributed by atoms with Crippen molar-refractivity contribution in [2.45, 2.75) is 52.4 Å². The quantitative estimate of drug-likeness (QED) is 0.238. The van der Waals surface area contributed by atoms with Crippen molar-refractivity contribution in [3.63, 3.8) is 0 Å². The molecule has 4 nitrogen and oxygen atoms in total. The van der Waals surface area contributed by atoms with Crippen LogP contribution in [0.4, 0.5) is 5.69 Å². The Hall–Kier alpha value is -3.70. The molecule has 5 aromatic rings. The summed E-state index contributed by atoms with van der Waals surface area (Å²) in [6.45, 7) is 12.9. The largest absolute Gasteiger partial charge is 0.507 e. The number of aliphatic imine (C=N–C) groups is 1. The van der Waals surface area contributed by atoms with Crippen molar-refractivity contribution >= 4 is 33.5 Å². The van der Waals surface area contributed by atoms with Crippen LogP contribution in [0.5, 0.6) is 5.75 Å². The summed E-state index contributed by atoms with van der Waals surface area (Å²) < 4.78 is 1.13. The Bertz CT molecular complexity index is 1600. The van der Waals surface area contributed by atoms with E-state index in [2.05, 4.69) is 89.0 Å². The van der Waals surface area contributed by atoms with Crippen LogP contribution in [-0.4, -0.2) is 21.3 Å². The predicted molar refractivity (Wildman–Crippen MR) is 158 cm³/mol. The fourth-order valence-electron chi connectivity index (χ4n) is 4.45. The van der Waals surface area contributed by atoms with Crippen LogP contribution in [0.15, 0.2) is 77.9 Å². The molecule has 0 amide bonds. The normalized spacial score (nSPS) is 12.6. The summed E-state index contributed by atoms with van der Waals surface area (Å²) >= 11 is 1.66. The molecule has 0 radical (unpaired) electrons. The first-order chi connectivity index (χ1) is 17.5. The molecule has 2 aromatic heterocycles. The number of rotatable bonds is 4.